The molecule has 0 aliphatic rings. The van der Waals surface area contributed by atoms with Crippen LogP contribution in [0.3, 0.4) is 0 Å². The van der Waals surface area contributed by atoms with Crippen LogP contribution >= 0.6 is 0 Å². The molecule has 0 aliphatic heterocycles. The zero-order valence-electron chi connectivity index (χ0n) is 16.1. The van der Waals surface area contributed by atoms with E-state index in [0.717, 1.165) is 22.4 Å². The molecule has 27 heavy (non-hydrogen) atoms. The van der Waals surface area contributed by atoms with Gasteiger partial charge in [0.25, 0.3) is 0 Å². The summed E-state index contributed by atoms with van der Waals surface area (Å²) >= 11 is 0. The smallest absolute Gasteiger partial charge is 0.329 e. The fourth-order valence-corrected chi connectivity index (χ4v) is 3.27. The number of nitrogens with zero attached hydrogens (tertiary/aromatic N) is 3. The Morgan fingerprint density at radius 1 is 0.852 bits per heavy atom. The number of hydrogen-bond donors (Lipinski definition) is 2. The average Bonchev–Trinajstić information content (AvgIpc) is 2.60. The van der Waals surface area contributed by atoms with Gasteiger partial charge in [0.05, 0.1) is 11.4 Å². The number of rotatable bonds is 2. The lowest BCUT2D eigenvalue weighted by Gasteiger charge is -2.13. The first kappa shape index (κ1) is 18.5. The Balaban J connectivity index is 2.31. The molecule has 2 N–H and O–H groups in total. The molecule has 0 spiro atoms. The number of aromatic hydroxyl groups is 2. The Morgan fingerprint density at radius 2 is 1.48 bits per heavy atom. The maximum absolute atomic E-state index is 12.7. The summed E-state index contributed by atoms with van der Waals surface area (Å²) in [6, 6.07) is 10.4. The Bertz CT molecular complexity index is 1150. The lowest BCUT2D eigenvalue weighted by Crippen LogP contribution is -2.37. The van der Waals surface area contributed by atoms with Crippen molar-refractivity contribution >= 4 is 5.69 Å². The summed E-state index contributed by atoms with van der Waals surface area (Å²) < 4.78 is 2.97. The van der Waals surface area contributed by atoms with Crippen molar-refractivity contribution in [3.8, 4) is 22.8 Å². The molecule has 0 bridgehead atoms. The second-order valence-electron chi connectivity index (χ2n) is 6.85. The largest absolute Gasteiger partial charge is 0.504 e. The molecule has 3 rings (SSSR count). The van der Waals surface area contributed by atoms with Crippen LogP contribution in [0.25, 0.3) is 11.3 Å². The van der Waals surface area contributed by atoms with Crippen molar-refractivity contribution in [1.82, 2.24) is 9.13 Å². The fraction of sp³-hybridized carbons (Fsp3) is 0.238. The summed E-state index contributed by atoms with van der Waals surface area (Å²) in [5.74, 6) is -0.446. The van der Waals surface area contributed by atoms with Crippen molar-refractivity contribution < 1.29 is 10.2 Å². The number of hydrogen-bond acceptors (Lipinski definition) is 4. The van der Waals surface area contributed by atoms with Crippen molar-refractivity contribution in [2.45, 2.75) is 20.8 Å². The Morgan fingerprint density at radius 3 is 2.07 bits per heavy atom. The lowest BCUT2D eigenvalue weighted by molar-refractivity contribution is 0.404. The van der Waals surface area contributed by atoms with E-state index in [-0.39, 0.29) is 17.2 Å². The van der Waals surface area contributed by atoms with E-state index in [4.69, 9.17) is 4.99 Å². The first-order chi connectivity index (χ1) is 12.7. The predicted molar refractivity (Wildman–Crippen MR) is 105 cm³/mol. The topological polar surface area (TPSA) is 79.8 Å². The quantitative estimate of drug-likeness (QED) is 0.685. The van der Waals surface area contributed by atoms with Crippen LogP contribution in [0.2, 0.25) is 0 Å². The molecule has 0 amide bonds. The standard InChI is InChI=1S/C21H23N3O3/c1-12-8-13(2)20(14(3)9-12)22-19-11-16(23(4)21(27)24(19)5)15-6-7-17(25)18(26)10-15/h6-11,25-26H,1-5H3. The third kappa shape index (κ3) is 3.38. The normalized spacial score (nSPS) is 11.8. The van der Waals surface area contributed by atoms with Crippen molar-refractivity contribution in [2.75, 3.05) is 0 Å². The molecule has 0 saturated heterocycles. The molecule has 6 heteroatoms. The van der Waals surface area contributed by atoms with Crippen molar-refractivity contribution in [3.05, 3.63) is 69.1 Å². The fourth-order valence-electron chi connectivity index (χ4n) is 3.27. The highest BCUT2D eigenvalue weighted by atomic mass is 16.3. The van der Waals surface area contributed by atoms with E-state index in [1.165, 1.54) is 21.3 Å². The van der Waals surface area contributed by atoms with Crippen molar-refractivity contribution in [3.63, 3.8) is 0 Å². The minimum Gasteiger partial charge on any atom is -0.504 e. The van der Waals surface area contributed by atoms with Gasteiger partial charge in [0.1, 0.15) is 5.49 Å². The van der Waals surface area contributed by atoms with Crippen molar-refractivity contribution in [2.24, 2.45) is 19.1 Å². The van der Waals surface area contributed by atoms with Crippen LogP contribution in [0.4, 0.5) is 5.69 Å². The van der Waals surface area contributed by atoms with Gasteiger partial charge in [-0.15, -0.1) is 0 Å². The van der Waals surface area contributed by atoms with Crippen LogP contribution in [0.1, 0.15) is 16.7 Å². The Hall–Kier alpha value is -3.28. The van der Waals surface area contributed by atoms with Crippen molar-refractivity contribution in [1.29, 1.82) is 0 Å². The lowest BCUT2D eigenvalue weighted by atomic mass is 10.1. The highest BCUT2D eigenvalue weighted by Crippen LogP contribution is 2.29. The van der Waals surface area contributed by atoms with Gasteiger partial charge in [-0.25, -0.2) is 9.79 Å². The summed E-state index contributed by atoms with van der Waals surface area (Å²) in [7, 11) is 3.34. The van der Waals surface area contributed by atoms with Gasteiger partial charge < -0.3 is 10.2 Å². The number of aryl methyl sites for hydroxylation is 3. The van der Waals surface area contributed by atoms with Gasteiger partial charge in [0.2, 0.25) is 0 Å². The molecule has 6 nitrogen and oxygen atoms in total. The van der Waals surface area contributed by atoms with Gasteiger partial charge >= 0.3 is 5.69 Å². The Kier molecular flexibility index (Phi) is 4.66. The molecule has 0 fully saturated rings. The SMILES string of the molecule is Cc1cc(C)c(N=c2cc(-c3ccc(O)c(O)c3)n(C)c(=O)n2C)c(C)c1. The van der Waals surface area contributed by atoms with Gasteiger partial charge in [-0.05, 0) is 50.1 Å². The molecule has 1 heterocycles. The van der Waals surface area contributed by atoms with Crippen LogP contribution in [0.15, 0.2) is 46.2 Å². The molecule has 0 radical (unpaired) electrons. The molecule has 140 valence electrons. The van der Waals surface area contributed by atoms with Gasteiger partial charge in [-0.3, -0.25) is 9.13 Å². The number of phenols is 2. The summed E-state index contributed by atoms with van der Waals surface area (Å²) in [4.78, 5) is 17.5. The van der Waals surface area contributed by atoms with E-state index in [9.17, 15) is 15.0 Å². The van der Waals surface area contributed by atoms with Gasteiger partial charge in [-0.2, -0.15) is 0 Å². The van der Waals surface area contributed by atoms with E-state index in [0.29, 0.717) is 16.7 Å². The highest BCUT2D eigenvalue weighted by molar-refractivity contribution is 5.63. The third-order valence-electron chi connectivity index (χ3n) is 4.68. The molecule has 0 saturated carbocycles. The zero-order chi connectivity index (χ0) is 19.9. The summed E-state index contributed by atoms with van der Waals surface area (Å²) in [6.07, 6.45) is 0. The monoisotopic (exact) mass is 365 g/mol. The minimum atomic E-state index is -0.239. The summed E-state index contributed by atoms with van der Waals surface area (Å²) in [5.41, 5.74) is 5.56. The van der Waals surface area contributed by atoms with E-state index >= 15 is 0 Å². The zero-order valence-corrected chi connectivity index (χ0v) is 16.1. The predicted octanol–water partition coefficient (Wildman–Crippen LogP) is 2.96. The highest BCUT2D eigenvalue weighted by Gasteiger charge is 2.11. The molecular weight excluding hydrogens is 342 g/mol. The average molecular weight is 365 g/mol. The molecule has 0 aliphatic carbocycles. The first-order valence-electron chi connectivity index (χ1n) is 8.61. The Labute approximate surface area is 157 Å². The number of benzene rings is 2. The maximum atomic E-state index is 12.7. The summed E-state index contributed by atoms with van der Waals surface area (Å²) in [6.45, 7) is 6.04. The number of aromatic nitrogens is 2. The molecule has 0 unspecified atom stereocenters. The molecule has 0 atom stereocenters. The molecule has 2 aromatic carbocycles. The van der Waals surface area contributed by atoms with Crippen LogP contribution in [-0.4, -0.2) is 19.3 Å². The van der Waals surface area contributed by atoms with E-state index < -0.39 is 0 Å². The minimum absolute atomic E-state index is 0.207. The third-order valence-corrected chi connectivity index (χ3v) is 4.68. The molecular formula is C21H23N3O3. The molecule has 3 aromatic rings. The first-order valence-corrected chi connectivity index (χ1v) is 8.61. The van der Waals surface area contributed by atoms with Crippen LogP contribution in [0.5, 0.6) is 11.5 Å². The van der Waals surface area contributed by atoms with Gasteiger partial charge in [-0.1, -0.05) is 17.7 Å². The second kappa shape index (κ2) is 6.79. The maximum Gasteiger partial charge on any atom is 0.329 e. The van der Waals surface area contributed by atoms with E-state index in [1.807, 2.05) is 20.8 Å². The number of phenolic OH excluding ortho intramolecular Hbond substituents is 2. The second-order valence-corrected chi connectivity index (χ2v) is 6.85. The van der Waals surface area contributed by atoms with Crippen LogP contribution in [-0.2, 0) is 14.1 Å². The van der Waals surface area contributed by atoms with Gasteiger partial charge in [0, 0.05) is 25.7 Å². The summed E-state index contributed by atoms with van der Waals surface area (Å²) in [5, 5.41) is 19.4. The van der Waals surface area contributed by atoms with Crippen LogP contribution < -0.4 is 11.2 Å². The van der Waals surface area contributed by atoms with E-state index in [1.54, 1.807) is 26.2 Å². The van der Waals surface area contributed by atoms with E-state index in [2.05, 4.69) is 12.1 Å². The molecule has 1 aromatic heterocycles. The van der Waals surface area contributed by atoms with Crippen LogP contribution in [0, 0.1) is 20.8 Å². The van der Waals surface area contributed by atoms with Gasteiger partial charge in [0.15, 0.2) is 11.5 Å².